The maximum Gasteiger partial charge on any atom is 0.106 e. The van der Waals surface area contributed by atoms with Crippen LogP contribution < -0.4 is 11.1 Å². The van der Waals surface area contributed by atoms with Gasteiger partial charge in [-0.15, -0.1) is 11.3 Å². The van der Waals surface area contributed by atoms with Crippen LogP contribution in [0.15, 0.2) is 29.2 Å². The van der Waals surface area contributed by atoms with E-state index in [1.807, 2.05) is 23.1 Å². The Kier molecular flexibility index (Phi) is 2.97. The molecule has 0 bridgehead atoms. The molecule has 1 atom stereocenters. The van der Waals surface area contributed by atoms with Gasteiger partial charge in [-0.25, -0.2) is 0 Å². The predicted octanol–water partition coefficient (Wildman–Crippen LogP) is 4.07. The van der Waals surface area contributed by atoms with Crippen molar-refractivity contribution in [3.63, 3.8) is 0 Å². The highest BCUT2D eigenvalue weighted by Crippen LogP contribution is 2.51. The molecule has 3 aliphatic rings. The van der Waals surface area contributed by atoms with Crippen molar-refractivity contribution in [1.29, 1.82) is 0 Å². The van der Waals surface area contributed by atoms with Crippen LogP contribution in [0, 0.1) is 0 Å². The summed E-state index contributed by atoms with van der Waals surface area (Å²) in [4.78, 5) is 5.48. The summed E-state index contributed by atoms with van der Waals surface area (Å²) in [6.45, 7) is 2.31. The molecule has 1 aromatic heterocycles. The third kappa shape index (κ3) is 2.07. The van der Waals surface area contributed by atoms with Gasteiger partial charge in [-0.3, -0.25) is 4.90 Å². The lowest BCUT2D eigenvalue weighted by molar-refractivity contribution is 0.246. The van der Waals surface area contributed by atoms with Crippen molar-refractivity contribution < 1.29 is 0 Å². The first-order valence-electron chi connectivity index (χ1n) is 7.96. The molecule has 0 saturated heterocycles. The van der Waals surface area contributed by atoms with E-state index in [1.165, 1.54) is 46.0 Å². The van der Waals surface area contributed by atoms with E-state index >= 15 is 0 Å². The minimum atomic E-state index is 0.282. The molecule has 5 rings (SSSR count). The number of anilines is 2. The molecule has 5 heteroatoms. The van der Waals surface area contributed by atoms with Crippen LogP contribution in [0.5, 0.6) is 0 Å². The second-order valence-corrected chi connectivity index (χ2v) is 8.66. The second kappa shape index (κ2) is 4.91. The third-order valence-corrected chi connectivity index (χ3v) is 7.16. The van der Waals surface area contributed by atoms with Crippen molar-refractivity contribution in [2.75, 3.05) is 17.6 Å². The van der Waals surface area contributed by atoms with Crippen LogP contribution in [0.25, 0.3) is 0 Å². The lowest BCUT2D eigenvalue weighted by Gasteiger charge is -2.27. The van der Waals surface area contributed by atoms with Crippen molar-refractivity contribution >= 4 is 33.8 Å². The van der Waals surface area contributed by atoms with Crippen molar-refractivity contribution in [3.8, 4) is 0 Å². The Balaban J connectivity index is 1.47. The molecule has 22 heavy (non-hydrogen) atoms. The number of nitrogens with zero attached hydrogens (tertiary/aromatic N) is 1. The van der Waals surface area contributed by atoms with Gasteiger partial charge in [-0.1, -0.05) is 23.9 Å². The standard InChI is InChI=1S/C17H19N3S2/c18-16-15(17-19-12-3-1-2-4-13(12)22-17)11-7-8-20(10-5-6-10)9-14(11)21-16/h1-4,10,17,19H,5-9,18H2. The molecule has 2 aliphatic heterocycles. The summed E-state index contributed by atoms with van der Waals surface area (Å²) in [5.74, 6) is 0. The molecule has 0 radical (unpaired) electrons. The molecule has 114 valence electrons. The smallest absolute Gasteiger partial charge is 0.106 e. The van der Waals surface area contributed by atoms with Crippen molar-refractivity contribution in [2.24, 2.45) is 0 Å². The normalized spacial score (nSPS) is 23.9. The van der Waals surface area contributed by atoms with E-state index in [1.54, 1.807) is 0 Å². The summed E-state index contributed by atoms with van der Waals surface area (Å²) in [7, 11) is 0. The monoisotopic (exact) mass is 329 g/mol. The highest BCUT2D eigenvalue weighted by molar-refractivity contribution is 8.00. The fourth-order valence-corrected chi connectivity index (χ4v) is 6.12. The number of thioether (sulfide) groups is 1. The van der Waals surface area contributed by atoms with E-state index in [4.69, 9.17) is 5.73 Å². The predicted molar refractivity (Wildman–Crippen MR) is 94.5 cm³/mol. The number of para-hydroxylation sites is 1. The number of rotatable bonds is 2. The molecule has 1 fully saturated rings. The van der Waals surface area contributed by atoms with Gasteiger partial charge >= 0.3 is 0 Å². The Morgan fingerprint density at radius 2 is 2.09 bits per heavy atom. The van der Waals surface area contributed by atoms with E-state index in [0.29, 0.717) is 0 Å². The lowest BCUT2D eigenvalue weighted by atomic mass is 10.0. The molecule has 3 nitrogen and oxygen atoms in total. The number of thiophene rings is 1. The SMILES string of the molecule is Nc1sc2c(c1C1Nc3ccccc3S1)CCN(C1CC1)C2. The van der Waals surface area contributed by atoms with Crippen molar-refractivity contribution in [1.82, 2.24) is 4.90 Å². The van der Waals surface area contributed by atoms with Gasteiger partial charge in [0, 0.05) is 40.2 Å². The molecule has 1 unspecified atom stereocenters. The van der Waals surface area contributed by atoms with Gasteiger partial charge in [0.1, 0.15) is 5.37 Å². The number of hydrogen-bond acceptors (Lipinski definition) is 5. The van der Waals surface area contributed by atoms with Crippen LogP contribution in [-0.4, -0.2) is 17.5 Å². The number of nitrogen functional groups attached to an aromatic ring is 1. The van der Waals surface area contributed by atoms with E-state index < -0.39 is 0 Å². The molecule has 3 heterocycles. The summed E-state index contributed by atoms with van der Waals surface area (Å²) in [6, 6.07) is 9.40. The molecule has 0 amide bonds. The Bertz CT molecular complexity index is 711. The van der Waals surface area contributed by atoms with Crippen LogP contribution in [0.2, 0.25) is 0 Å². The quantitative estimate of drug-likeness (QED) is 0.871. The minimum absolute atomic E-state index is 0.282. The first-order valence-corrected chi connectivity index (χ1v) is 9.65. The second-order valence-electron chi connectivity index (χ2n) is 6.37. The fourth-order valence-electron chi connectivity index (χ4n) is 3.63. The van der Waals surface area contributed by atoms with Crippen LogP contribution in [0.3, 0.4) is 0 Å². The number of fused-ring (bicyclic) bond motifs is 2. The zero-order valence-corrected chi connectivity index (χ0v) is 14.0. The van der Waals surface area contributed by atoms with Gasteiger partial charge in [0.2, 0.25) is 0 Å². The number of nitrogens with one attached hydrogen (secondary N) is 1. The Morgan fingerprint density at radius 3 is 2.91 bits per heavy atom. The van der Waals surface area contributed by atoms with Gasteiger partial charge in [0.15, 0.2) is 0 Å². The average molecular weight is 329 g/mol. The van der Waals surface area contributed by atoms with E-state index in [9.17, 15) is 0 Å². The van der Waals surface area contributed by atoms with Crippen LogP contribution in [0.1, 0.15) is 34.2 Å². The summed E-state index contributed by atoms with van der Waals surface area (Å²) < 4.78 is 0. The minimum Gasteiger partial charge on any atom is -0.390 e. The van der Waals surface area contributed by atoms with Crippen molar-refractivity contribution in [3.05, 3.63) is 40.3 Å². The maximum atomic E-state index is 6.42. The fraction of sp³-hybridized carbons (Fsp3) is 0.412. The van der Waals surface area contributed by atoms with Crippen LogP contribution >= 0.6 is 23.1 Å². The van der Waals surface area contributed by atoms with Crippen LogP contribution in [-0.2, 0) is 13.0 Å². The Labute approximate surface area is 138 Å². The van der Waals surface area contributed by atoms with Gasteiger partial charge in [-0.05, 0) is 37.0 Å². The van der Waals surface area contributed by atoms with Gasteiger partial charge < -0.3 is 11.1 Å². The van der Waals surface area contributed by atoms with Crippen molar-refractivity contribution in [2.45, 2.75) is 42.1 Å². The highest BCUT2D eigenvalue weighted by Gasteiger charge is 2.35. The molecule has 0 spiro atoms. The maximum absolute atomic E-state index is 6.42. The van der Waals surface area contributed by atoms with Gasteiger partial charge in [-0.2, -0.15) is 0 Å². The summed E-state index contributed by atoms with van der Waals surface area (Å²) in [6.07, 6.45) is 3.93. The zero-order chi connectivity index (χ0) is 14.7. The molecule has 1 aromatic carbocycles. The summed E-state index contributed by atoms with van der Waals surface area (Å²) >= 11 is 3.72. The molecule has 1 saturated carbocycles. The van der Waals surface area contributed by atoms with E-state index in [-0.39, 0.29) is 5.37 Å². The Hall–Kier alpha value is -1.17. The molecule has 1 aliphatic carbocycles. The first kappa shape index (κ1) is 13.3. The van der Waals surface area contributed by atoms with Gasteiger partial charge in [0.25, 0.3) is 0 Å². The molecule has 2 aromatic rings. The Morgan fingerprint density at radius 1 is 1.23 bits per heavy atom. The topological polar surface area (TPSA) is 41.3 Å². The number of benzene rings is 1. The van der Waals surface area contributed by atoms with E-state index in [2.05, 4.69) is 34.5 Å². The average Bonchev–Trinajstić information content (AvgIpc) is 3.20. The molecular weight excluding hydrogens is 310 g/mol. The molecule has 3 N–H and O–H groups in total. The van der Waals surface area contributed by atoms with Gasteiger partial charge in [0.05, 0.1) is 5.00 Å². The first-order chi connectivity index (χ1) is 10.8. The molecular formula is C17H19N3S2. The summed E-state index contributed by atoms with van der Waals surface area (Å²) in [5, 5.41) is 4.95. The lowest BCUT2D eigenvalue weighted by Crippen LogP contribution is -2.31. The number of hydrogen-bond donors (Lipinski definition) is 2. The third-order valence-electron chi connectivity index (χ3n) is 4.90. The zero-order valence-electron chi connectivity index (χ0n) is 12.3. The number of nitrogens with two attached hydrogens (primary N) is 1. The van der Waals surface area contributed by atoms with E-state index in [0.717, 1.165) is 24.0 Å². The largest absolute Gasteiger partial charge is 0.390 e. The highest BCUT2D eigenvalue weighted by atomic mass is 32.2. The summed E-state index contributed by atoms with van der Waals surface area (Å²) in [5.41, 5.74) is 10.5. The van der Waals surface area contributed by atoms with Crippen LogP contribution in [0.4, 0.5) is 10.7 Å².